The summed E-state index contributed by atoms with van der Waals surface area (Å²) in [5, 5.41) is 12.3. The van der Waals surface area contributed by atoms with Gasteiger partial charge in [0.05, 0.1) is 11.8 Å². The number of amides is 2. The van der Waals surface area contributed by atoms with Gasteiger partial charge in [0.25, 0.3) is 0 Å². The Balaban J connectivity index is 1.90. The van der Waals surface area contributed by atoms with Gasteiger partial charge in [0.1, 0.15) is 5.82 Å². The Labute approximate surface area is 124 Å². The lowest BCUT2D eigenvalue weighted by molar-refractivity contribution is 0.0842. The second kappa shape index (κ2) is 6.76. The van der Waals surface area contributed by atoms with Crippen molar-refractivity contribution in [3.05, 3.63) is 29.6 Å². The number of benzene rings is 1. The largest absolute Gasteiger partial charge is 0.391 e. The van der Waals surface area contributed by atoms with Crippen molar-refractivity contribution in [3.8, 4) is 0 Å². The number of nitrogens with one attached hydrogen (secondary N) is 1. The molecule has 0 aromatic heterocycles. The van der Waals surface area contributed by atoms with Crippen LogP contribution < -0.4 is 10.2 Å². The van der Waals surface area contributed by atoms with Gasteiger partial charge >= 0.3 is 6.03 Å². The van der Waals surface area contributed by atoms with Crippen LogP contribution in [-0.2, 0) is 6.54 Å². The number of hydrogen-bond donors (Lipinski definition) is 2. The van der Waals surface area contributed by atoms with Crippen molar-refractivity contribution >= 4 is 11.7 Å². The van der Waals surface area contributed by atoms with Crippen molar-refractivity contribution < 1.29 is 14.3 Å². The van der Waals surface area contributed by atoms with E-state index in [4.69, 9.17) is 0 Å². The third-order valence-corrected chi connectivity index (χ3v) is 3.62. The summed E-state index contributed by atoms with van der Waals surface area (Å²) < 4.78 is 13.8. The number of nitrogens with zero attached hydrogens (tertiary/aromatic N) is 2. The number of carbonyl (C=O) groups is 1. The van der Waals surface area contributed by atoms with Crippen LogP contribution in [0.25, 0.3) is 0 Å². The Bertz CT molecular complexity index is 508. The zero-order valence-corrected chi connectivity index (χ0v) is 12.5. The first-order valence-corrected chi connectivity index (χ1v) is 7.14. The molecule has 0 aliphatic carbocycles. The van der Waals surface area contributed by atoms with Crippen LogP contribution in [-0.4, -0.2) is 49.3 Å². The van der Waals surface area contributed by atoms with Crippen LogP contribution in [0.1, 0.15) is 18.4 Å². The lowest BCUT2D eigenvalue weighted by atomic mass is 10.1. The van der Waals surface area contributed by atoms with Gasteiger partial charge in [0.2, 0.25) is 0 Å². The Kier molecular flexibility index (Phi) is 5.01. The molecule has 1 fully saturated rings. The molecule has 0 spiro atoms. The van der Waals surface area contributed by atoms with Gasteiger partial charge in [-0.15, -0.1) is 0 Å². The van der Waals surface area contributed by atoms with E-state index in [0.717, 1.165) is 12.8 Å². The number of urea groups is 1. The minimum absolute atomic E-state index is 0.217. The summed E-state index contributed by atoms with van der Waals surface area (Å²) in [5.41, 5.74) is 1.23. The first-order chi connectivity index (χ1) is 9.97. The van der Waals surface area contributed by atoms with Crippen LogP contribution in [0.4, 0.5) is 14.9 Å². The predicted octanol–water partition coefficient (Wildman–Crippen LogP) is 1.56. The predicted molar refractivity (Wildman–Crippen MR) is 79.8 cm³/mol. The number of anilines is 1. The first kappa shape index (κ1) is 15.6. The van der Waals surface area contributed by atoms with E-state index in [0.29, 0.717) is 24.3 Å². The molecule has 1 unspecified atom stereocenters. The average Bonchev–Trinajstić information content (AvgIpc) is 2.44. The number of halogens is 1. The molecule has 1 aliphatic heterocycles. The fraction of sp³-hybridized carbons (Fsp3) is 0.533. The van der Waals surface area contributed by atoms with Gasteiger partial charge in [-0.05, 0) is 30.5 Å². The SMILES string of the molecule is CN(C)c1ccc(CNC(=O)N2CCCC(O)C2)cc1F. The molecule has 1 heterocycles. The van der Waals surface area contributed by atoms with E-state index < -0.39 is 6.10 Å². The fourth-order valence-electron chi connectivity index (χ4n) is 2.45. The van der Waals surface area contributed by atoms with Crippen LogP contribution in [0.5, 0.6) is 0 Å². The highest BCUT2D eigenvalue weighted by atomic mass is 19.1. The van der Waals surface area contributed by atoms with Crippen molar-refractivity contribution in [1.82, 2.24) is 10.2 Å². The molecule has 1 aromatic carbocycles. The number of piperidine rings is 1. The molecule has 6 heteroatoms. The number of likely N-dealkylation sites (tertiary alicyclic amines) is 1. The summed E-state index contributed by atoms with van der Waals surface area (Å²) >= 11 is 0. The summed E-state index contributed by atoms with van der Waals surface area (Å²) in [7, 11) is 3.56. The minimum Gasteiger partial charge on any atom is -0.391 e. The monoisotopic (exact) mass is 295 g/mol. The molecule has 2 rings (SSSR count). The van der Waals surface area contributed by atoms with Crippen molar-refractivity contribution in [2.24, 2.45) is 0 Å². The first-order valence-electron chi connectivity index (χ1n) is 7.14. The molecule has 1 aromatic rings. The van der Waals surface area contributed by atoms with Crippen molar-refractivity contribution in [1.29, 1.82) is 0 Å². The van der Waals surface area contributed by atoms with Crippen molar-refractivity contribution in [2.75, 3.05) is 32.1 Å². The summed E-state index contributed by atoms with van der Waals surface area (Å²) in [6.07, 6.45) is 1.10. The van der Waals surface area contributed by atoms with Gasteiger partial charge in [0, 0.05) is 33.7 Å². The number of β-amino-alcohol motifs (C(OH)–C–C–N with tert-alkyl or cyclic N) is 1. The van der Waals surface area contributed by atoms with Gasteiger partial charge in [-0.1, -0.05) is 6.07 Å². The molecule has 21 heavy (non-hydrogen) atoms. The lowest BCUT2D eigenvalue weighted by Crippen LogP contribution is -2.46. The highest BCUT2D eigenvalue weighted by Crippen LogP contribution is 2.18. The summed E-state index contributed by atoms with van der Waals surface area (Å²) in [5.74, 6) is -0.305. The van der Waals surface area contributed by atoms with Crippen molar-refractivity contribution in [3.63, 3.8) is 0 Å². The van der Waals surface area contributed by atoms with Crippen LogP contribution in [0, 0.1) is 5.82 Å². The molecule has 1 atom stereocenters. The second-order valence-corrected chi connectivity index (χ2v) is 5.58. The molecular weight excluding hydrogens is 273 g/mol. The minimum atomic E-state index is -0.443. The zero-order chi connectivity index (χ0) is 15.4. The molecule has 5 nitrogen and oxygen atoms in total. The third-order valence-electron chi connectivity index (χ3n) is 3.62. The van der Waals surface area contributed by atoms with E-state index in [1.165, 1.54) is 6.07 Å². The molecule has 116 valence electrons. The molecule has 0 bridgehead atoms. The standard InChI is InChI=1S/C15H22FN3O2/c1-18(2)14-6-5-11(8-13(14)16)9-17-15(21)19-7-3-4-12(20)10-19/h5-6,8,12,20H,3-4,7,9-10H2,1-2H3,(H,17,21). The second-order valence-electron chi connectivity index (χ2n) is 5.58. The molecule has 1 aliphatic rings. The van der Waals surface area contributed by atoms with Crippen LogP contribution in [0.2, 0.25) is 0 Å². The number of aliphatic hydroxyl groups is 1. The molecule has 2 N–H and O–H groups in total. The van der Waals surface area contributed by atoms with E-state index in [9.17, 15) is 14.3 Å². The number of rotatable bonds is 3. The van der Waals surface area contributed by atoms with Gasteiger partial charge in [-0.2, -0.15) is 0 Å². The average molecular weight is 295 g/mol. The summed E-state index contributed by atoms with van der Waals surface area (Å²) in [6, 6.07) is 4.71. The van der Waals surface area contributed by atoms with E-state index in [2.05, 4.69) is 5.32 Å². The maximum atomic E-state index is 13.8. The smallest absolute Gasteiger partial charge is 0.317 e. The van der Waals surface area contributed by atoms with E-state index in [-0.39, 0.29) is 18.4 Å². The molecule has 0 saturated carbocycles. The van der Waals surface area contributed by atoms with Crippen LogP contribution in [0.3, 0.4) is 0 Å². The molecular formula is C15H22FN3O2. The summed E-state index contributed by atoms with van der Waals surface area (Å²) in [4.78, 5) is 15.3. The van der Waals surface area contributed by atoms with Crippen molar-refractivity contribution in [2.45, 2.75) is 25.5 Å². The van der Waals surface area contributed by atoms with Gasteiger partial charge in [-0.25, -0.2) is 9.18 Å². The Morgan fingerprint density at radius 1 is 1.52 bits per heavy atom. The van der Waals surface area contributed by atoms with E-state index in [1.807, 2.05) is 0 Å². The zero-order valence-electron chi connectivity index (χ0n) is 12.5. The van der Waals surface area contributed by atoms with Crippen LogP contribution in [0.15, 0.2) is 18.2 Å². The molecule has 1 saturated heterocycles. The maximum Gasteiger partial charge on any atom is 0.317 e. The Morgan fingerprint density at radius 2 is 2.29 bits per heavy atom. The van der Waals surface area contributed by atoms with Gasteiger partial charge in [0.15, 0.2) is 0 Å². The molecule has 0 radical (unpaired) electrons. The summed E-state index contributed by atoms with van der Waals surface area (Å²) in [6.45, 7) is 1.28. The lowest BCUT2D eigenvalue weighted by Gasteiger charge is -2.30. The normalized spacial score (nSPS) is 18.5. The Hall–Kier alpha value is -1.82. The van der Waals surface area contributed by atoms with E-state index >= 15 is 0 Å². The highest BCUT2D eigenvalue weighted by Gasteiger charge is 2.21. The van der Waals surface area contributed by atoms with Gasteiger partial charge in [-0.3, -0.25) is 0 Å². The number of carbonyl (C=O) groups excluding carboxylic acids is 1. The number of aliphatic hydroxyl groups excluding tert-OH is 1. The van der Waals surface area contributed by atoms with Gasteiger partial charge < -0.3 is 20.2 Å². The fourth-order valence-corrected chi connectivity index (χ4v) is 2.45. The maximum absolute atomic E-state index is 13.8. The quantitative estimate of drug-likeness (QED) is 0.890. The topological polar surface area (TPSA) is 55.8 Å². The Morgan fingerprint density at radius 3 is 2.90 bits per heavy atom. The highest BCUT2D eigenvalue weighted by molar-refractivity contribution is 5.74. The number of hydrogen-bond acceptors (Lipinski definition) is 3. The molecule has 2 amide bonds. The third kappa shape index (κ3) is 4.07. The van der Waals surface area contributed by atoms with Crippen LogP contribution >= 0.6 is 0 Å². The van der Waals surface area contributed by atoms with E-state index in [1.54, 1.807) is 36.0 Å².